The summed E-state index contributed by atoms with van der Waals surface area (Å²) in [7, 11) is 0. The molecular weight excluding hydrogens is 635 g/mol. The summed E-state index contributed by atoms with van der Waals surface area (Å²) >= 11 is 0. The fraction of sp³-hybridized carbons (Fsp3) is 0. The number of nitrogens with zero attached hydrogens (tertiary/aromatic N) is 5. The molecule has 0 unspecified atom stereocenters. The first-order valence-corrected chi connectivity index (χ1v) is 16.5. The number of rotatable bonds is 6. The van der Waals surface area contributed by atoms with E-state index in [0.29, 0.717) is 40.1 Å². The average molecular weight is 660 g/mol. The maximum atomic E-state index is 6.29. The van der Waals surface area contributed by atoms with Crippen LogP contribution < -0.4 is 0 Å². The summed E-state index contributed by atoms with van der Waals surface area (Å²) < 4.78 is 18.7. The summed E-state index contributed by atoms with van der Waals surface area (Å²) in [6, 6.07) is 46.3. The molecule has 0 fully saturated rings. The standard InChI is InChI=1S/C43H25N5O3/c1-4-14-32(39-46-35-17-7-8-20-38(35)49-39)29(11-1)26-23-27(30-12-2-5-15-33(30)40-47-36-18-9-21-44-42(36)50-40)25-28(24-26)31-13-3-6-16-34(31)41-48-37-19-10-22-45-43(37)51-41/h1-25H. The number of oxazole rings is 3. The molecule has 5 heterocycles. The van der Waals surface area contributed by atoms with Crippen LogP contribution in [0.25, 0.3) is 101 Å². The highest BCUT2D eigenvalue weighted by Gasteiger charge is 2.20. The number of fused-ring (bicyclic) bond motifs is 3. The third kappa shape index (κ3) is 5.05. The smallest absolute Gasteiger partial charge is 0.247 e. The summed E-state index contributed by atoms with van der Waals surface area (Å²) in [5.41, 5.74) is 12.3. The van der Waals surface area contributed by atoms with Crippen molar-refractivity contribution in [1.82, 2.24) is 24.9 Å². The third-order valence-electron chi connectivity index (χ3n) is 8.97. The molecule has 5 aromatic carbocycles. The van der Waals surface area contributed by atoms with Gasteiger partial charge in [-0.2, -0.15) is 0 Å². The molecule has 240 valence electrons. The van der Waals surface area contributed by atoms with Crippen LogP contribution in [0.2, 0.25) is 0 Å². The lowest BCUT2D eigenvalue weighted by atomic mass is 9.89. The minimum atomic E-state index is 0.491. The molecule has 0 aliphatic heterocycles. The monoisotopic (exact) mass is 659 g/mol. The Hall–Kier alpha value is -7.19. The highest BCUT2D eigenvalue weighted by molar-refractivity contribution is 5.93. The third-order valence-corrected chi connectivity index (χ3v) is 8.97. The zero-order valence-electron chi connectivity index (χ0n) is 26.9. The number of hydrogen-bond acceptors (Lipinski definition) is 8. The normalized spacial score (nSPS) is 11.5. The van der Waals surface area contributed by atoms with Crippen molar-refractivity contribution >= 4 is 33.6 Å². The van der Waals surface area contributed by atoms with E-state index < -0.39 is 0 Å². The summed E-state index contributed by atoms with van der Waals surface area (Å²) in [5, 5.41) is 0. The van der Waals surface area contributed by atoms with Gasteiger partial charge in [-0.15, -0.1) is 0 Å². The molecule has 0 bridgehead atoms. The van der Waals surface area contributed by atoms with Gasteiger partial charge in [-0.1, -0.05) is 66.7 Å². The van der Waals surface area contributed by atoms with Crippen LogP contribution in [0.5, 0.6) is 0 Å². The number of aromatic nitrogens is 5. The lowest BCUT2D eigenvalue weighted by Crippen LogP contribution is -1.92. The molecule has 10 aromatic rings. The first-order valence-electron chi connectivity index (χ1n) is 16.5. The lowest BCUT2D eigenvalue weighted by Gasteiger charge is -2.15. The van der Waals surface area contributed by atoms with Gasteiger partial charge in [0.05, 0.1) is 0 Å². The van der Waals surface area contributed by atoms with Crippen molar-refractivity contribution in [2.75, 3.05) is 0 Å². The molecule has 51 heavy (non-hydrogen) atoms. The van der Waals surface area contributed by atoms with Gasteiger partial charge >= 0.3 is 0 Å². The van der Waals surface area contributed by atoms with Gasteiger partial charge in [0.25, 0.3) is 0 Å². The van der Waals surface area contributed by atoms with Crippen molar-refractivity contribution in [1.29, 1.82) is 0 Å². The zero-order chi connectivity index (χ0) is 33.7. The van der Waals surface area contributed by atoms with E-state index in [4.69, 9.17) is 28.2 Å². The van der Waals surface area contributed by atoms with Crippen LogP contribution in [0, 0.1) is 0 Å². The number of pyridine rings is 2. The molecule has 0 N–H and O–H groups in total. The van der Waals surface area contributed by atoms with Crippen molar-refractivity contribution in [3.05, 3.63) is 152 Å². The molecule has 5 aromatic heterocycles. The molecular formula is C43H25N5O3. The van der Waals surface area contributed by atoms with Crippen LogP contribution >= 0.6 is 0 Å². The molecule has 0 saturated heterocycles. The van der Waals surface area contributed by atoms with Crippen LogP contribution in [0.15, 0.2) is 165 Å². The molecule has 0 spiro atoms. The Labute approximate surface area is 290 Å². The van der Waals surface area contributed by atoms with Crippen molar-refractivity contribution in [2.24, 2.45) is 0 Å². The van der Waals surface area contributed by atoms with Gasteiger partial charge in [0.1, 0.15) is 16.6 Å². The van der Waals surface area contributed by atoms with Crippen molar-refractivity contribution in [2.45, 2.75) is 0 Å². The Morgan fingerprint density at radius 1 is 0.333 bits per heavy atom. The van der Waals surface area contributed by atoms with Crippen molar-refractivity contribution < 1.29 is 13.3 Å². The first kappa shape index (κ1) is 28.8. The van der Waals surface area contributed by atoms with E-state index in [-0.39, 0.29) is 0 Å². The van der Waals surface area contributed by atoms with Gasteiger partial charge in [-0.25, -0.2) is 24.9 Å². The zero-order valence-corrected chi connectivity index (χ0v) is 26.9. The van der Waals surface area contributed by atoms with E-state index in [1.165, 1.54) is 0 Å². The summed E-state index contributed by atoms with van der Waals surface area (Å²) in [6.45, 7) is 0. The molecule has 0 aliphatic rings. The van der Waals surface area contributed by atoms with E-state index in [2.05, 4.69) is 46.4 Å². The molecule has 8 heteroatoms. The van der Waals surface area contributed by atoms with Crippen LogP contribution in [0.3, 0.4) is 0 Å². The fourth-order valence-corrected chi connectivity index (χ4v) is 6.62. The van der Waals surface area contributed by atoms with Crippen LogP contribution in [-0.2, 0) is 0 Å². The summed E-state index contributed by atoms with van der Waals surface area (Å²) in [6.07, 6.45) is 3.41. The number of hydrogen-bond donors (Lipinski definition) is 0. The molecule has 0 atom stereocenters. The topological polar surface area (TPSA) is 104 Å². The van der Waals surface area contributed by atoms with E-state index in [9.17, 15) is 0 Å². The molecule has 8 nitrogen and oxygen atoms in total. The Bertz CT molecular complexity index is 2480. The summed E-state index contributed by atoms with van der Waals surface area (Å²) in [4.78, 5) is 23.2. The van der Waals surface area contributed by atoms with Crippen molar-refractivity contribution in [3.63, 3.8) is 0 Å². The second-order valence-corrected chi connectivity index (χ2v) is 12.1. The quantitative estimate of drug-likeness (QED) is 0.174. The average Bonchev–Trinajstić information content (AvgIpc) is 3.95. The van der Waals surface area contributed by atoms with Gasteiger partial charge < -0.3 is 13.3 Å². The number of para-hydroxylation sites is 2. The second kappa shape index (κ2) is 11.7. The van der Waals surface area contributed by atoms with Gasteiger partial charge in [0, 0.05) is 29.1 Å². The maximum Gasteiger partial charge on any atom is 0.247 e. The highest BCUT2D eigenvalue weighted by Crippen LogP contribution is 2.42. The van der Waals surface area contributed by atoms with Crippen molar-refractivity contribution in [3.8, 4) is 67.7 Å². The fourth-order valence-electron chi connectivity index (χ4n) is 6.62. The van der Waals surface area contributed by atoms with Gasteiger partial charge in [0.2, 0.25) is 29.1 Å². The van der Waals surface area contributed by atoms with E-state index in [0.717, 1.165) is 61.2 Å². The summed E-state index contributed by atoms with van der Waals surface area (Å²) in [5.74, 6) is 1.55. The predicted molar refractivity (Wildman–Crippen MR) is 197 cm³/mol. The van der Waals surface area contributed by atoms with E-state index >= 15 is 0 Å². The molecule has 0 radical (unpaired) electrons. The second-order valence-electron chi connectivity index (χ2n) is 12.1. The van der Waals surface area contributed by atoms with Crippen LogP contribution in [0.1, 0.15) is 0 Å². The molecule has 0 saturated carbocycles. The van der Waals surface area contributed by atoms with E-state index in [1.54, 1.807) is 12.4 Å². The Balaban J connectivity index is 1.21. The van der Waals surface area contributed by atoms with Gasteiger partial charge in [0.15, 0.2) is 5.58 Å². The minimum absolute atomic E-state index is 0.491. The maximum absolute atomic E-state index is 6.29. The Morgan fingerprint density at radius 2 is 0.706 bits per heavy atom. The molecule has 0 amide bonds. The van der Waals surface area contributed by atoms with Crippen LogP contribution in [0.4, 0.5) is 0 Å². The van der Waals surface area contributed by atoms with Gasteiger partial charge in [-0.05, 0) is 106 Å². The van der Waals surface area contributed by atoms with Gasteiger partial charge in [-0.3, -0.25) is 0 Å². The Morgan fingerprint density at radius 3 is 1.16 bits per heavy atom. The molecule has 0 aliphatic carbocycles. The predicted octanol–water partition coefficient (Wildman–Crippen LogP) is 10.9. The number of benzene rings is 5. The SMILES string of the molecule is c1ccc(-c2nc3ccccc3o2)c(-c2cc(-c3ccccc3-c3nc4cccnc4o3)cc(-c3ccccc3-c3nc4cccnc4o3)c2)c1. The van der Waals surface area contributed by atoms with E-state index in [1.807, 2.05) is 103 Å². The van der Waals surface area contributed by atoms with Crippen LogP contribution in [-0.4, -0.2) is 24.9 Å². The minimum Gasteiger partial charge on any atom is -0.436 e. The largest absolute Gasteiger partial charge is 0.436 e. The Kier molecular flexibility index (Phi) is 6.63. The first-order chi connectivity index (χ1) is 25.2. The lowest BCUT2D eigenvalue weighted by molar-refractivity contribution is 0.607. The molecule has 10 rings (SSSR count). The highest BCUT2D eigenvalue weighted by atomic mass is 16.4.